The number of aromatic hydroxyl groups is 1. The highest BCUT2D eigenvalue weighted by Gasteiger charge is 2.37. The average molecular weight is 312 g/mol. The molecule has 2 nitrogen and oxygen atoms in total. The van der Waals surface area contributed by atoms with E-state index in [1.807, 2.05) is 0 Å². The van der Waals surface area contributed by atoms with Crippen LogP contribution in [0.3, 0.4) is 0 Å². The summed E-state index contributed by atoms with van der Waals surface area (Å²) in [6.07, 6.45) is 6.11. The zero-order chi connectivity index (χ0) is 14.3. The number of hydrogen-bond donors (Lipinski definition) is 1. The van der Waals surface area contributed by atoms with Gasteiger partial charge in [-0.05, 0) is 74.4 Å². The summed E-state index contributed by atoms with van der Waals surface area (Å²) < 4.78 is 13.6. The molecule has 1 N–H and O–H groups in total. The predicted octanol–water partition coefficient (Wildman–Crippen LogP) is 3.94. The monoisotopic (exact) mass is 311 g/mol. The van der Waals surface area contributed by atoms with Crippen molar-refractivity contribution < 1.29 is 9.50 Å². The summed E-state index contributed by atoms with van der Waals surface area (Å²) in [7, 11) is 4.17. The van der Waals surface area contributed by atoms with E-state index in [0.717, 1.165) is 12.1 Å². The third-order valence-electron chi connectivity index (χ3n) is 4.68. The van der Waals surface area contributed by atoms with Gasteiger partial charge >= 0.3 is 0 Å². The molecule has 0 saturated heterocycles. The van der Waals surface area contributed by atoms with Crippen LogP contribution in [0.25, 0.3) is 5.57 Å². The van der Waals surface area contributed by atoms with Crippen molar-refractivity contribution in [1.82, 2.24) is 4.90 Å². The van der Waals surface area contributed by atoms with Gasteiger partial charge in [0.15, 0.2) is 0 Å². The third kappa shape index (κ3) is 3.41. The Hall–Kier alpha value is -1.06. The van der Waals surface area contributed by atoms with Crippen LogP contribution in [0, 0.1) is 23.6 Å². The van der Waals surface area contributed by atoms with Crippen molar-refractivity contribution in [3.8, 4) is 5.75 Å². The van der Waals surface area contributed by atoms with Gasteiger partial charge in [-0.15, -0.1) is 12.4 Å². The van der Waals surface area contributed by atoms with Crippen LogP contribution >= 0.6 is 12.4 Å². The van der Waals surface area contributed by atoms with E-state index in [9.17, 15) is 9.50 Å². The molecule has 1 fully saturated rings. The van der Waals surface area contributed by atoms with Crippen LogP contribution in [-0.4, -0.2) is 30.6 Å². The van der Waals surface area contributed by atoms with Gasteiger partial charge in [-0.1, -0.05) is 6.08 Å². The molecule has 0 heterocycles. The summed E-state index contributed by atoms with van der Waals surface area (Å²) in [5, 5.41) is 9.66. The number of allylic oxidation sites excluding steroid dienone is 1. The minimum absolute atomic E-state index is 0. The number of phenols is 1. The van der Waals surface area contributed by atoms with E-state index in [4.69, 9.17) is 0 Å². The Bertz CT molecular complexity index is 523. The van der Waals surface area contributed by atoms with E-state index in [0.29, 0.717) is 17.8 Å². The maximum atomic E-state index is 13.6. The Balaban J connectivity index is 0.00000161. The molecule has 2 bridgehead atoms. The van der Waals surface area contributed by atoms with Crippen molar-refractivity contribution in [2.45, 2.75) is 19.3 Å². The van der Waals surface area contributed by atoms with E-state index >= 15 is 0 Å². The molecule has 116 valence electrons. The van der Waals surface area contributed by atoms with Gasteiger partial charge in [-0.2, -0.15) is 0 Å². The summed E-state index contributed by atoms with van der Waals surface area (Å²) in [5.74, 6) is 1.45. The lowest BCUT2D eigenvalue weighted by atomic mass is 9.76. The first-order valence-electron chi connectivity index (χ1n) is 7.39. The number of nitrogens with zero attached hydrogens (tertiary/aromatic N) is 1. The maximum Gasteiger partial charge on any atom is 0.127 e. The van der Waals surface area contributed by atoms with Crippen LogP contribution in [0.1, 0.15) is 24.8 Å². The largest absolute Gasteiger partial charge is 0.508 e. The molecular weight excluding hydrogens is 289 g/mol. The summed E-state index contributed by atoms with van der Waals surface area (Å²) in [5.41, 5.74) is 2.08. The predicted molar refractivity (Wildman–Crippen MR) is 86.2 cm³/mol. The highest BCUT2D eigenvalue weighted by atomic mass is 35.5. The smallest absolute Gasteiger partial charge is 0.127 e. The van der Waals surface area contributed by atoms with Gasteiger partial charge < -0.3 is 10.0 Å². The number of halogens is 2. The van der Waals surface area contributed by atoms with Gasteiger partial charge in [0.1, 0.15) is 11.6 Å². The van der Waals surface area contributed by atoms with Crippen molar-refractivity contribution in [3.63, 3.8) is 0 Å². The number of hydrogen-bond acceptors (Lipinski definition) is 2. The Labute approximate surface area is 132 Å². The van der Waals surface area contributed by atoms with Crippen LogP contribution in [0.5, 0.6) is 5.75 Å². The first-order chi connectivity index (χ1) is 9.52. The lowest BCUT2D eigenvalue weighted by molar-refractivity contribution is 0.289. The number of benzene rings is 1. The summed E-state index contributed by atoms with van der Waals surface area (Å²) in [4.78, 5) is 2.20. The lowest BCUT2D eigenvalue weighted by Gasteiger charge is -2.32. The molecule has 0 amide bonds. The summed E-state index contributed by atoms with van der Waals surface area (Å²) >= 11 is 0. The first kappa shape index (κ1) is 16.3. The fourth-order valence-corrected chi connectivity index (χ4v) is 3.89. The van der Waals surface area contributed by atoms with E-state index in [-0.39, 0.29) is 24.0 Å². The first-order valence-corrected chi connectivity index (χ1v) is 7.39. The SMILES string of the molecule is CN(C)CC1C(c2cc(O)cc(F)c2)=CC2CCC1C2.Cl. The van der Waals surface area contributed by atoms with E-state index in [1.165, 1.54) is 30.9 Å². The minimum atomic E-state index is -0.359. The molecule has 2 aliphatic carbocycles. The second-order valence-corrected chi connectivity index (χ2v) is 6.52. The number of fused-ring (bicyclic) bond motifs is 2. The van der Waals surface area contributed by atoms with Crippen molar-refractivity contribution in [2.24, 2.45) is 17.8 Å². The summed E-state index contributed by atoms with van der Waals surface area (Å²) in [6, 6.07) is 4.42. The Kier molecular flexibility index (Phi) is 4.95. The van der Waals surface area contributed by atoms with Crippen LogP contribution in [-0.2, 0) is 0 Å². The second kappa shape index (κ2) is 6.37. The maximum absolute atomic E-state index is 13.6. The van der Waals surface area contributed by atoms with Crippen LogP contribution in [0.15, 0.2) is 24.3 Å². The number of rotatable bonds is 3. The molecule has 2 aliphatic rings. The summed E-state index contributed by atoms with van der Waals surface area (Å²) in [6.45, 7) is 0.987. The molecule has 3 unspecified atom stereocenters. The molecule has 0 radical (unpaired) electrons. The fraction of sp³-hybridized carbons (Fsp3) is 0.529. The molecule has 3 atom stereocenters. The van der Waals surface area contributed by atoms with E-state index in [2.05, 4.69) is 25.1 Å². The zero-order valence-corrected chi connectivity index (χ0v) is 13.4. The highest BCUT2D eigenvalue weighted by Crippen LogP contribution is 2.48. The third-order valence-corrected chi connectivity index (χ3v) is 4.68. The number of phenolic OH excluding ortho intramolecular Hbond substituents is 1. The van der Waals surface area contributed by atoms with Crippen molar-refractivity contribution in [3.05, 3.63) is 35.7 Å². The molecule has 0 aromatic heterocycles. The molecule has 0 aliphatic heterocycles. The molecule has 1 aromatic carbocycles. The molecule has 0 spiro atoms. The normalized spacial score (nSPS) is 27.4. The van der Waals surface area contributed by atoms with Gasteiger partial charge in [-0.25, -0.2) is 4.39 Å². The van der Waals surface area contributed by atoms with E-state index < -0.39 is 0 Å². The van der Waals surface area contributed by atoms with Crippen LogP contribution in [0.2, 0.25) is 0 Å². The lowest BCUT2D eigenvalue weighted by Crippen LogP contribution is -2.29. The molecule has 4 heteroatoms. The van der Waals surface area contributed by atoms with Gasteiger partial charge in [0.2, 0.25) is 0 Å². The highest BCUT2D eigenvalue weighted by molar-refractivity contribution is 5.85. The molecule has 1 saturated carbocycles. The molecule has 1 aromatic rings. The van der Waals surface area contributed by atoms with Gasteiger partial charge in [0, 0.05) is 12.6 Å². The standard InChI is InChI=1S/C17H22FNO.ClH/c1-19(2)10-17-12-4-3-11(5-12)6-16(17)13-7-14(18)9-15(20)8-13;/h6-9,11-12,17,20H,3-5,10H2,1-2H3;1H. The second-order valence-electron chi connectivity index (χ2n) is 6.52. The van der Waals surface area contributed by atoms with Crippen LogP contribution in [0.4, 0.5) is 4.39 Å². The Morgan fingerprint density at radius 3 is 2.67 bits per heavy atom. The van der Waals surface area contributed by atoms with Gasteiger partial charge in [-0.3, -0.25) is 0 Å². The average Bonchev–Trinajstić information content (AvgIpc) is 2.74. The van der Waals surface area contributed by atoms with Crippen molar-refractivity contribution in [1.29, 1.82) is 0 Å². The van der Waals surface area contributed by atoms with Crippen molar-refractivity contribution >= 4 is 18.0 Å². The van der Waals surface area contributed by atoms with Crippen LogP contribution < -0.4 is 0 Å². The molecular formula is C17H23ClFNO. The van der Waals surface area contributed by atoms with Crippen molar-refractivity contribution in [2.75, 3.05) is 20.6 Å². The fourth-order valence-electron chi connectivity index (χ4n) is 3.89. The Morgan fingerprint density at radius 2 is 2.00 bits per heavy atom. The van der Waals surface area contributed by atoms with Gasteiger partial charge in [0.25, 0.3) is 0 Å². The molecule has 21 heavy (non-hydrogen) atoms. The zero-order valence-electron chi connectivity index (χ0n) is 12.6. The topological polar surface area (TPSA) is 23.5 Å². The molecule has 3 rings (SSSR count). The quantitative estimate of drug-likeness (QED) is 0.914. The van der Waals surface area contributed by atoms with E-state index in [1.54, 1.807) is 12.1 Å². The minimum Gasteiger partial charge on any atom is -0.508 e. The van der Waals surface area contributed by atoms with Gasteiger partial charge in [0.05, 0.1) is 0 Å². The Morgan fingerprint density at radius 1 is 1.24 bits per heavy atom.